The van der Waals surface area contributed by atoms with Gasteiger partial charge in [0.1, 0.15) is 16.9 Å². The molecule has 2 heterocycles. The van der Waals surface area contributed by atoms with Gasteiger partial charge in [0, 0.05) is 0 Å². The highest BCUT2D eigenvalue weighted by molar-refractivity contribution is 5.79. The van der Waals surface area contributed by atoms with E-state index in [0.717, 1.165) is 11.5 Å². The molecule has 0 aliphatic carbocycles. The summed E-state index contributed by atoms with van der Waals surface area (Å²) in [5.41, 5.74) is -0.673. The number of esters is 1. The van der Waals surface area contributed by atoms with Crippen LogP contribution in [0.3, 0.4) is 0 Å². The van der Waals surface area contributed by atoms with Crippen molar-refractivity contribution in [3.63, 3.8) is 0 Å². The summed E-state index contributed by atoms with van der Waals surface area (Å²) in [6.45, 7) is 2.58. The molecule has 0 amide bonds. The van der Waals surface area contributed by atoms with Crippen molar-refractivity contribution in [2.45, 2.75) is 13.0 Å². The molecule has 0 bridgehead atoms. The first-order chi connectivity index (χ1) is 8.14. The lowest BCUT2D eigenvalue weighted by Crippen LogP contribution is -2.56. The molecule has 1 saturated heterocycles. The maximum Gasteiger partial charge on any atom is 0.318 e. The average molecular weight is 239 g/mol. The third kappa shape index (κ3) is 1.85. The largest absolute Gasteiger partial charge is 0.468 e. The Bertz CT molecular complexity index is 408. The fourth-order valence-electron chi connectivity index (χ4n) is 2.23. The van der Waals surface area contributed by atoms with E-state index in [1.807, 2.05) is 19.1 Å². The van der Waals surface area contributed by atoms with Gasteiger partial charge in [0.25, 0.3) is 0 Å². The number of aryl methyl sites for hydroxylation is 1. The first-order valence-corrected chi connectivity index (χ1v) is 5.54. The second kappa shape index (κ2) is 4.50. The molecule has 1 aromatic heterocycles. The Hall–Kier alpha value is -1.33. The molecule has 1 fully saturated rings. The molecule has 1 unspecified atom stereocenters. The topological polar surface area (TPSA) is 60.7 Å². The predicted octanol–water partition coefficient (Wildman–Crippen LogP) is 1.04. The molecule has 5 nitrogen and oxygen atoms in total. The van der Waals surface area contributed by atoms with Gasteiger partial charge in [-0.3, -0.25) is 4.79 Å². The third-order valence-corrected chi connectivity index (χ3v) is 3.20. The fraction of sp³-hybridized carbons (Fsp3) is 0.583. The van der Waals surface area contributed by atoms with Gasteiger partial charge in [-0.15, -0.1) is 0 Å². The number of hydrogen-bond acceptors (Lipinski definition) is 5. The van der Waals surface area contributed by atoms with E-state index in [4.69, 9.17) is 13.9 Å². The highest BCUT2D eigenvalue weighted by atomic mass is 16.5. The molecule has 94 valence electrons. The van der Waals surface area contributed by atoms with E-state index in [2.05, 4.69) is 5.32 Å². The Labute approximate surface area is 100 Å². The Balaban J connectivity index is 2.31. The maximum atomic E-state index is 11.9. The molecular weight excluding hydrogens is 222 g/mol. The molecule has 0 aromatic carbocycles. The van der Waals surface area contributed by atoms with Gasteiger partial charge < -0.3 is 19.2 Å². The molecule has 2 rings (SSSR count). The van der Waals surface area contributed by atoms with E-state index in [-0.39, 0.29) is 12.0 Å². The van der Waals surface area contributed by atoms with E-state index in [9.17, 15) is 4.79 Å². The summed E-state index contributed by atoms with van der Waals surface area (Å²) < 4.78 is 15.6. The predicted molar refractivity (Wildman–Crippen MR) is 60.5 cm³/mol. The minimum atomic E-state index is -0.673. The molecule has 0 saturated carbocycles. The van der Waals surface area contributed by atoms with Crippen molar-refractivity contribution in [2.75, 3.05) is 27.4 Å². The van der Waals surface area contributed by atoms with E-state index >= 15 is 0 Å². The zero-order valence-corrected chi connectivity index (χ0v) is 10.3. The first kappa shape index (κ1) is 12.1. The number of carbonyl (C=O) groups excluding carboxylic acids is 1. The lowest BCUT2D eigenvalue weighted by Gasteiger charge is -2.43. The van der Waals surface area contributed by atoms with Crippen LogP contribution in [0.25, 0.3) is 0 Å². The van der Waals surface area contributed by atoms with Crippen LogP contribution in [0.1, 0.15) is 17.6 Å². The van der Waals surface area contributed by atoms with Crippen LogP contribution in [-0.2, 0) is 14.3 Å². The zero-order chi connectivity index (χ0) is 12.5. The van der Waals surface area contributed by atoms with E-state index in [1.165, 1.54) is 7.11 Å². The average Bonchev–Trinajstić information content (AvgIpc) is 2.68. The Morgan fingerprint density at radius 3 is 2.59 bits per heavy atom. The van der Waals surface area contributed by atoms with Gasteiger partial charge in [0.05, 0.1) is 26.4 Å². The van der Waals surface area contributed by atoms with Gasteiger partial charge in [-0.1, -0.05) is 0 Å². The van der Waals surface area contributed by atoms with Crippen LogP contribution >= 0.6 is 0 Å². The summed E-state index contributed by atoms with van der Waals surface area (Å²) in [5.74, 6) is 1.29. The number of furan rings is 1. The van der Waals surface area contributed by atoms with Crippen LogP contribution in [0.4, 0.5) is 0 Å². The van der Waals surface area contributed by atoms with Crippen LogP contribution in [-0.4, -0.2) is 33.3 Å². The maximum absolute atomic E-state index is 11.9. The molecule has 1 atom stereocenters. The summed E-state index contributed by atoms with van der Waals surface area (Å²) in [4.78, 5) is 11.9. The van der Waals surface area contributed by atoms with E-state index in [0.29, 0.717) is 13.2 Å². The Kier molecular flexibility index (Phi) is 3.22. The van der Waals surface area contributed by atoms with Crippen LogP contribution in [0, 0.1) is 12.3 Å². The lowest BCUT2D eigenvalue weighted by atomic mass is 9.77. The molecule has 0 spiro atoms. The molecule has 1 aliphatic rings. The fourth-order valence-corrected chi connectivity index (χ4v) is 2.23. The van der Waals surface area contributed by atoms with Crippen molar-refractivity contribution in [3.05, 3.63) is 23.7 Å². The molecule has 1 aromatic rings. The molecule has 17 heavy (non-hydrogen) atoms. The molecule has 1 aliphatic heterocycles. The van der Waals surface area contributed by atoms with Crippen molar-refractivity contribution < 1.29 is 18.7 Å². The van der Waals surface area contributed by atoms with Gasteiger partial charge in [0.2, 0.25) is 0 Å². The van der Waals surface area contributed by atoms with Crippen LogP contribution in [0.15, 0.2) is 16.5 Å². The number of carbonyl (C=O) groups is 1. The highest BCUT2D eigenvalue weighted by Crippen LogP contribution is 2.41. The van der Waals surface area contributed by atoms with Crippen molar-refractivity contribution in [3.8, 4) is 0 Å². The van der Waals surface area contributed by atoms with Crippen molar-refractivity contribution in [1.82, 2.24) is 5.32 Å². The summed E-state index contributed by atoms with van der Waals surface area (Å²) in [6, 6.07) is 3.53. The lowest BCUT2D eigenvalue weighted by molar-refractivity contribution is -0.191. The monoisotopic (exact) mass is 239 g/mol. The summed E-state index contributed by atoms with van der Waals surface area (Å²) >= 11 is 0. The summed E-state index contributed by atoms with van der Waals surface area (Å²) in [7, 11) is 3.19. The van der Waals surface area contributed by atoms with Gasteiger partial charge in [0.15, 0.2) is 0 Å². The van der Waals surface area contributed by atoms with Gasteiger partial charge in [-0.05, 0) is 26.1 Å². The number of hydrogen-bond donors (Lipinski definition) is 1. The third-order valence-electron chi connectivity index (χ3n) is 3.20. The SMILES string of the molecule is CNC(c1ccc(C)o1)C1(C(=O)OC)COC1. The quantitative estimate of drug-likeness (QED) is 0.795. The second-order valence-electron chi connectivity index (χ2n) is 4.31. The van der Waals surface area contributed by atoms with E-state index in [1.54, 1.807) is 7.05 Å². The van der Waals surface area contributed by atoms with Gasteiger partial charge in [-0.25, -0.2) is 0 Å². The minimum Gasteiger partial charge on any atom is -0.468 e. The first-order valence-electron chi connectivity index (χ1n) is 5.54. The molecule has 0 radical (unpaired) electrons. The Morgan fingerprint density at radius 1 is 1.53 bits per heavy atom. The van der Waals surface area contributed by atoms with E-state index < -0.39 is 5.41 Å². The van der Waals surface area contributed by atoms with Crippen LogP contribution in [0.5, 0.6) is 0 Å². The van der Waals surface area contributed by atoms with Crippen molar-refractivity contribution in [1.29, 1.82) is 0 Å². The molecular formula is C12H17NO4. The van der Waals surface area contributed by atoms with Crippen LogP contribution < -0.4 is 5.32 Å². The molecule has 5 heteroatoms. The molecule has 1 N–H and O–H groups in total. The van der Waals surface area contributed by atoms with Crippen molar-refractivity contribution >= 4 is 5.97 Å². The number of nitrogens with one attached hydrogen (secondary N) is 1. The van der Waals surface area contributed by atoms with Gasteiger partial charge in [-0.2, -0.15) is 0 Å². The highest BCUT2D eigenvalue weighted by Gasteiger charge is 2.54. The summed E-state index contributed by atoms with van der Waals surface area (Å²) in [5, 5.41) is 3.12. The summed E-state index contributed by atoms with van der Waals surface area (Å²) in [6.07, 6.45) is 0. The van der Waals surface area contributed by atoms with Crippen molar-refractivity contribution in [2.24, 2.45) is 5.41 Å². The number of rotatable bonds is 4. The Morgan fingerprint density at radius 2 is 2.24 bits per heavy atom. The smallest absolute Gasteiger partial charge is 0.318 e. The number of methoxy groups -OCH3 is 1. The standard InChI is InChI=1S/C12H17NO4/c1-8-4-5-9(17-8)10(13-2)12(6-16-7-12)11(14)15-3/h4-5,10,13H,6-7H2,1-3H3. The van der Waals surface area contributed by atoms with Crippen LogP contribution in [0.2, 0.25) is 0 Å². The normalized spacial score (nSPS) is 19.5. The van der Waals surface area contributed by atoms with Gasteiger partial charge >= 0.3 is 5.97 Å². The zero-order valence-electron chi connectivity index (χ0n) is 10.3. The minimum absolute atomic E-state index is 0.225. The number of ether oxygens (including phenoxy) is 2. The second-order valence-corrected chi connectivity index (χ2v) is 4.31.